The lowest BCUT2D eigenvalue weighted by Crippen LogP contribution is -2.34. The zero-order valence-electron chi connectivity index (χ0n) is 12.5. The Kier molecular flexibility index (Phi) is 5.44. The Bertz CT molecular complexity index is 777. The molecule has 1 aromatic heterocycles. The zero-order valence-corrected chi connectivity index (χ0v) is 12.5. The molecule has 0 fully saturated rings. The molecule has 0 aliphatic heterocycles. The molecule has 1 atom stereocenters. The lowest BCUT2D eigenvalue weighted by atomic mass is 9.98. The summed E-state index contributed by atoms with van der Waals surface area (Å²) in [5, 5.41) is 11.4. The lowest BCUT2D eigenvalue weighted by molar-refractivity contribution is -0.274. The van der Waals surface area contributed by atoms with Gasteiger partial charge in [0.2, 0.25) is 5.91 Å². The molecule has 1 amide bonds. The zero-order chi connectivity index (χ0) is 18.4. The summed E-state index contributed by atoms with van der Waals surface area (Å²) >= 11 is 0. The predicted molar refractivity (Wildman–Crippen MR) is 77.1 cm³/mol. The summed E-state index contributed by atoms with van der Waals surface area (Å²) < 4.78 is 45.0. The van der Waals surface area contributed by atoms with Gasteiger partial charge in [-0.1, -0.05) is 0 Å². The number of nitriles is 1. The number of alkyl halides is 3. The standard InChI is InChI=1S/C16H11F3N2O4/c17-16(18,19)25-11-5-3-10(4-6-11)14(22)13(8-20)15(23)21-9-12-2-1-7-24-12/h1-7,13H,9H2,(H,21,23)/t13-/m0/s1. The molecule has 0 bridgehead atoms. The van der Waals surface area contributed by atoms with Gasteiger partial charge in [-0.3, -0.25) is 9.59 Å². The number of halogens is 3. The van der Waals surface area contributed by atoms with Crippen molar-refractivity contribution in [3.8, 4) is 11.8 Å². The lowest BCUT2D eigenvalue weighted by Gasteiger charge is -2.11. The fraction of sp³-hybridized carbons (Fsp3) is 0.188. The molecule has 25 heavy (non-hydrogen) atoms. The first-order valence-corrected chi connectivity index (χ1v) is 6.90. The monoisotopic (exact) mass is 352 g/mol. The number of nitrogens with one attached hydrogen (secondary N) is 1. The largest absolute Gasteiger partial charge is 0.573 e. The van der Waals surface area contributed by atoms with E-state index in [9.17, 15) is 22.8 Å². The fourth-order valence-corrected chi connectivity index (χ4v) is 1.91. The van der Waals surface area contributed by atoms with Gasteiger partial charge >= 0.3 is 6.36 Å². The molecular formula is C16H11F3N2O4. The summed E-state index contributed by atoms with van der Waals surface area (Å²) in [7, 11) is 0. The third kappa shape index (κ3) is 5.10. The SMILES string of the molecule is N#C[C@H](C(=O)NCc1ccco1)C(=O)c1ccc(OC(F)(F)F)cc1. The van der Waals surface area contributed by atoms with Crippen molar-refractivity contribution < 1.29 is 31.9 Å². The van der Waals surface area contributed by atoms with Crippen molar-refractivity contribution in [3.63, 3.8) is 0 Å². The highest BCUT2D eigenvalue weighted by molar-refractivity contribution is 6.12. The van der Waals surface area contributed by atoms with E-state index in [1.165, 1.54) is 6.26 Å². The van der Waals surface area contributed by atoms with Crippen LogP contribution >= 0.6 is 0 Å². The highest BCUT2D eigenvalue weighted by Crippen LogP contribution is 2.23. The van der Waals surface area contributed by atoms with Gasteiger partial charge in [-0.2, -0.15) is 5.26 Å². The molecule has 0 unspecified atom stereocenters. The minimum Gasteiger partial charge on any atom is -0.467 e. The normalized spacial score (nSPS) is 12.1. The van der Waals surface area contributed by atoms with Crippen LogP contribution in [-0.4, -0.2) is 18.1 Å². The molecule has 1 heterocycles. The second-order valence-corrected chi connectivity index (χ2v) is 4.80. The maximum Gasteiger partial charge on any atom is 0.573 e. The second kappa shape index (κ2) is 7.53. The first-order chi connectivity index (χ1) is 11.8. The number of Topliss-reactive ketones (excluding diaryl/α,β-unsaturated/α-hetero) is 1. The smallest absolute Gasteiger partial charge is 0.467 e. The van der Waals surface area contributed by atoms with E-state index in [0.29, 0.717) is 5.76 Å². The molecule has 6 nitrogen and oxygen atoms in total. The summed E-state index contributed by atoms with van der Waals surface area (Å²) in [6.07, 6.45) is -3.45. The Morgan fingerprint density at radius 1 is 1.24 bits per heavy atom. The molecular weight excluding hydrogens is 341 g/mol. The van der Waals surface area contributed by atoms with E-state index in [-0.39, 0.29) is 12.1 Å². The minimum absolute atomic E-state index is 0.00431. The molecule has 2 aromatic rings. The topological polar surface area (TPSA) is 92.3 Å². The second-order valence-electron chi connectivity index (χ2n) is 4.80. The Morgan fingerprint density at radius 2 is 1.92 bits per heavy atom. The van der Waals surface area contributed by atoms with Gasteiger partial charge in [0.05, 0.1) is 18.9 Å². The van der Waals surface area contributed by atoms with Crippen molar-refractivity contribution in [2.45, 2.75) is 12.9 Å². The molecule has 130 valence electrons. The van der Waals surface area contributed by atoms with Gasteiger partial charge in [0.1, 0.15) is 11.5 Å². The molecule has 0 saturated carbocycles. The maximum atomic E-state index is 12.2. The number of hydrogen-bond donors (Lipinski definition) is 1. The number of ketones is 1. The van der Waals surface area contributed by atoms with Crippen LogP contribution in [0.3, 0.4) is 0 Å². The molecule has 2 rings (SSSR count). The van der Waals surface area contributed by atoms with Gasteiger partial charge in [0, 0.05) is 5.56 Å². The average Bonchev–Trinajstić information content (AvgIpc) is 3.06. The highest BCUT2D eigenvalue weighted by Gasteiger charge is 2.31. The number of carbonyl (C=O) groups excluding carboxylic acids is 2. The van der Waals surface area contributed by atoms with Crippen LogP contribution in [0.5, 0.6) is 5.75 Å². The third-order valence-electron chi connectivity index (χ3n) is 3.04. The van der Waals surface area contributed by atoms with Crippen LogP contribution in [0.25, 0.3) is 0 Å². The summed E-state index contributed by atoms with van der Waals surface area (Å²) in [4.78, 5) is 24.2. The molecule has 1 aromatic carbocycles. The van der Waals surface area contributed by atoms with Crippen LogP contribution in [0.2, 0.25) is 0 Å². The number of rotatable bonds is 6. The van der Waals surface area contributed by atoms with Crippen LogP contribution in [0.15, 0.2) is 47.1 Å². The van der Waals surface area contributed by atoms with Crippen LogP contribution in [0.1, 0.15) is 16.1 Å². The Labute approximate surface area is 139 Å². The molecule has 0 radical (unpaired) electrons. The van der Waals surface area contributed by atoms with Gasteiger partial charge in [-0.25, -0.2) is 0 Å². The quantitative estimate of drug-likeness (QED) is 0.637. The summed E-state index contributed by atoms with van der Waals surface area (Å²) in [5.41, 5.74) is -0.0887. The van der Waals surface area contributed by atoms with Crippen molar-refractivity contribution in [1.82, 2.24) is 5.32 Å². The number of nitrogens with zero attached hydrogens (tertiary/aromatic N) is 1. The number of amides is 1. The predicted octanol–water partition coefficient (Wildman–Crippen LogP) is 2.82. The number of carbonyl (C=O) groups is 2. The third-order valence-corrected chi connectivity index (χ3v) is 3.04. The number of ether oxygens (including phenoxy) is 1. The first kappa shape index (κ1) is 18.1. The van der Waals surface area contributed by atoms with E-state index in [0.717, 1.165) is 24.3 Å². The Hall–Kier alpha value is -3.28. The average molecular weight is 352 g/mol. The summed E-state index contributed by atoms with van der Waals surface area (Å²) in [5.74, 6) is -3.38. The number of hydrogen-bond acceptors (Lipinski definition) is 5. The first-order valence-electron chi connectivity index (χ1n) is 6.90. The van der Waals surface area contributed by atoms with Gasteiger partial charge in [0.25, 0.3) is 0 Å². The highest BCUT2D eigenvalue weighted by atomic mass is 19.4. The molecule has 0 aliphatic rings. The van der Waals surface area contributed by atoms with Gasteiger partial charge in [-0.15, -0.1) is 13.2 Å². The number of furan rings is 1. The Morgan fingerprint density at radius 3 is 2.44 bits per heavy atom. The molecule has 0 aliphatic carbocycles. The van der Waals surface area contributed by atoms with E-state index < -0.39 is 29.7 Å². The van der Waals surface area contributed by atoms with Crippen LogP contribution in [-0.2, 0) is 11.3 Å². The summed E-state index contributed by atoms with van der Waals surface area (Å²) in [6, 6.07) is 8.74. The van der Waals surface area contributed by atoms with Crippen molar-refractivity contribution in [2.24, 2.45) is 5.92 Å². The molecule has 1 N–H and O–H groups in total. The van der Waals surface area contributed by atoms with Crippen molar-refractivity contribution in [2.75, 3.05) is 0 Å². The van der Waals surface area contributed by atoms with Crippen molar-refractivity contribution in [3.05, 3.63) is 54.0 Å². The molecule has 0 spiro atoms. The van der Waals surface area contributed by atoms with Crippen molar-refractivity contribution >= 4 is 11.7 Å². The molecule has 9 heteroatoms. The van der Waals surface area contributed by atoms with E-state index in [1.807, 2.05) is 0 Å². The van der Waals surface area contributed by atoms with E-state index >= 15 is 0 Å². The van der Waals surface area contributed by atoms with Crippen LogP contribution in [0, 0.1) is 17.2 Å². The van der Waals surface area contributed by atoms with Gasteiger partial charge in [0.15, 0.2) is 11.7 Å². The Balaban J connectivity index is 2.03. The van der Waals surface area contributed by atoms with E-state index in [1.54, 1.807) is 18.2 Å². The van der Waals surface area contributed by atoms with Gasteiger partial charge in [-0.05, 0) is 36.4 Å². The van der Waals surface area contributed by atoms with E-state index in [4.69, 9.17) is 9.68 Å². The fourth-order valence-electron chi connectivity index (χ4n) is 1.91. The maximum absolute atomic E-state index is 12.2. The minimum atomic E-state index is -4.85. The van der Waals surface area contributed by atoms with Crippen LogP contribution < -0.4 is 10.1 Å². The van der Waals surface area contributed by atoms with Crippen LogP contribution in [0.4, 0.5) is 13.2 Å². The van der Waals surface area contributed by atoms with Crippen molar-refractivity contribution in [1.29, 1.82) is 5.26 Å². The van der Waals surface area contributed by atoms with E-state index in [2.05, 4.69) is 10.1 Å². The molecule has 0 saturated heterocycles. The van der Waals surface area contributed by atoms with Gasteiger partial charge < -0.3 is 14.5 Å². The summed E-state index contributed by atoms with van der Waals surface area (Å²) in [6.45, 7) is -0.00431. The number of benzene rings is 1.